The first-order chi connectivity index (χ1) is 11.9. The molecule has 1 atom stereocenters. The van der Waals surface area contributed by atoms with Crippen LogP contribution >= 0.6 is 11.3 Å². The minimum Gasteiger partial charge on any atom is -0.273 e. The van der Waals surface area contributed by atoms with E-state index in [1.807, 2.05) is 6.07 Å². The van der Waals surface area contributed by atoms with Crippen molar-refractivity contribution in [2.24, 2.45) is 5.92 Å². The van der Waals surface area contributed by atoms with Crippen molar-refractivity contribution >= 4 is 33.0 Å². The first kappa shape index (κ1) is 18.4. The second-order valence-corrected chi connectivity index (χ2v) is 10.3. The molecule has 1 saturated heterocycles. The number of thiophene rings is 1. The SMILES string of the molecule is O=C(C[C@@H]1CCS(=O)(=O)C1)NNC(=O)c1cc2c(s1)CCCCCC2. The van der Waals surface area contributed by atoms with E-state index in [4.69, 9.17) is 0 Å². The van der Waals surface area contributed by atoms with Crippen LogP contribution < -0.4 is 10.9 Å². The van der Waals surface area contributed by atoms with Crippen LogP contribution in [0.3, 0.4) is 0 Å². The van der Waals surface area contributed by atoms with Crippen molar-refractivity contribution in [3.63, 3.8) is 0 Å². The van der Waals surface area contributed by atoms with Gasteiger partial charge in [0.15, 0.2) is 9.84 Å². The maximum Gasteiger partial charge on any atom is 0.279 e. The molecule has 1 aliphatic heterocycles. The number of carbonyl (C=O) groups excluding carboxylic acids is 2. The molecular formula is C17H24N2O4S2. The number of rotatable bonds is 3. The van der Waals surface area contributed by atoms with Gasteiger partial charge in [-0.1, -0.05) is 12.8 Å². The molecule has 2 amide bonds. The molecule has 0 bridgehead atoms. The van der Waals surface area contributed by atoms with Gasteiger partial charge < -0.3 is 0 Å². The number of aryl methyl sites for hydroxylation is 2. The molecule has 2 aliphatic rings. The van der Waals surface area contributed by atoms with Crippen molar-refractivity contribution in [2.75, 3.05) is 11.5 Å². The molecule has 1 aromatic heterocycles. The Kier molecular flexibility index (Phi) is 5.78. The lowest BCUT2D eigenvalue weighted by molar-refractivity contribution is -0.122. The summed E-state index contributed by atoms with van der Waals surface area (Å²) in [6.45, 7) is 0. The van der Waals surface area contributed by atoms with Crippen molar-refractivity contribution in [1.82, 2.24) is 10.9 Å². The van der Waals surface area contributed by atoms with E-state index in [1.54, 1.807) is 0 Å². The summed E-state index contributed by atoms with van der Waals surface area (Å²) in [7, 11) is -2.99. The van der Waals surface area contributed by atoms with Crippen LogP contribution in [0.2, 0.25) is 0 Å². The topological polar surface area (TPSA) is 92.3 Å². The molecule has 25 heavy (non-hydrogen) atoms. The Hall–Kier alpha value is -1.41. The Balaban J connectivity index is 1.50. The third-order valence-electron chi connectivity index (χ3n) is 4.84. The van der Waals surface area contributed by atoms with E-state index in [0.717, 1.165) is 25.7 Å². The highest BCUT2D eigenvalue weighted by molar-refractivity contribution is 7.91. The molecule has 2 N–H and O–H groups in total. The number of hydrazine groups is 1. The second-order valence-electron chi connectivity index (χ2n) is 6.95. The Bertz CT molecular complexity index is 729. The highest BCUT2D eigenvalue weighted by atomic mass is 32.2. The van der Waals surface area contributed by atoms with Gasteiger partial charge in [0.05, 0.1) is 16.4 Å². The average Bonchev–Trinajstić information content (AvgIpc) is 3.08. The van der Waals surface area contributed by atoms with Gasteiger partial charge in [-0.2, -0.15) is 0 Å². The van der Waals surface area contributed by atoms with Gasteiger partial charge in [0.2, 0.25) is 5.91 Å². The third kappa shape index (κ3) is 5.04. The lowest BCUT2D eigenvalue weighted by Gasteiger charge is -2.09. The first-order valence-corrected chi connectivity index (χ1v) is 11.5. The number of nitrogens with one attached hydrogen (secondary N) is 2. The van der Waals surface area contributed by atoms with Crippen LogP contribution in [-0.2, 0) is 27.5 Å². The molecule has 3 rings (SSSR count). The quantitative estimate of drug-likeness (QED) is 0.780. The van der Waals surface area contributed by atoms with E-state index in [9.17, 15) is 18.0 Å². The normalized spacial score (nSPS) is 22.5. The van der Waals surface area contributed by atoms with Crippen LogP contribution in [-0.4, -0.2) is 31.7 Å². The molecule has 6 nitrogen and oxygen atoms in total. The molecule has 138 valence electrons. The van der Waals surface area contributed by atoms with Crippen molar-refractivity contribution in [2.45, 2.75) is 51.4 Å². The summed E-state index contributed by atoms with van der Waals surface area (Å²) in [5.74, 6) is -0.581. The average molecular weight is 385 g/mol. The van der Waals surface area contributed by atoms with E-state index in [-0.39, 0.29) is 35.7 Å². The van der Waals surface area contributed by atoms with E-state index < -0.39 is 9.84 Å². The number of carbonyl (C=O) groups is 2. The van der Waals surface area contributed by atoms with E-state index >= 15 is 0 Å². The Morgan fingerprint density at radius 2 is 1.88 bits per heavy atom. The highest BCUT2D eigenvalue weighted by Crippen LogP contribution is 2.28. The number of fused-ring (bicyclic) bond motifs is 1. The molecule has 0 saturated carbocycles. The lowest BCUT2D eigenvalue weighted by atomic mass is 10.00. The van der Waals surface area contributed by atoms with Gasteiger partial charge in [0.25, 0.3) is 5.91 Å². The monoisotopic (exact) mass is 384 g/mol. The van der Waals surface area contributed by atoms with Crippen LogP contribution in [0.4, 0.5) is 0 Å². The summed E-state index contributed by atoms with van der Waals surface area (Å²) in [5, 5.41) is 0. The summed E-state index contributed by atoms with van der Waals surface area (Å²) < 4.78 is 22.8. The summed E-state index contributed by atoms with van der Waals surface area (Å²) in [6, 6.07) is 1.94. The summed E-state index contributed by atoms with van der Waals surface area (Å²) in [4.78, 5) is 26.1. The van der Waals surface area contributed by atoms with E-state index in [0.29, 0.717) is 11.3 Å². The van der Waals surface area contributed by atoms with Crippen LogP contribution in [0.5, 0.6) is 0 Å². The molecular weight excluding hydrogens is 360 g/mol. The summed E-state index contributed by atoms with van der Waals surface area (Å²) in [5.41, 5.74) is 6.13. The molecule has 2 heterocycles. The van der Waals surface area contributed by atoms with E-state index in [1.165, 1.54) is 34.6 Å². The number of amides is 2. The first-order valence-electron chi connectivity index (χ1n) is 8.84. The number of hydrogen-bond donors (Lipinski definition) is 2. The fourth-order valence-electron chi connectivity index (χ4n) is 3.49. The van der Waals surface area contributed by atoms with Gasteiger partial charge >= 0.3 is 0 Å². The number of hydrogen-bond acceptors (Lipinski definition) is 5. The molecule has 0 unspecified atom stereocenters. The van der Waals surface area contributed by atoms with Crippen molar-refractivity contribution in [3.05, 3.63) is 21.4 Å². The molecule has 1 aliphatic carbocycles. The summed E-state index contributed by atoms with van der Waals surface area (Å²) >= 11 is 1.51. The standard InChI is InChI=1S/C17H24N2O4S2/c20-16(9-12-7-8-25(22,23)11-12)18-19-17(21)15-10-13-5-3-1-2-4-6-14(13)24-15/h10,12H,1-9,11H2,(H,18,20)(H,19,21)/t12-/m0/s1. The Morgan fingerprint density at radius 1 is 1.12 bits per heavy atom. The van der Waals surface area contributed by atoms with Gasteiger partial charge in [-0.3, -0.25) is 20.4 Å². The smallest absolute Gasteiger partial charge is 0.273 e. The molecule has 0 radical (unpaired) electrons. The van der Waals surface area contributed by atoms with Gasteiger partial charge in [-0.25, -0.2) is 8.42 Å². The maximum absolute atomic E-state index is 12.3. The predicted octanol–water partition coefficient (Wildman–Crippen LogP) is 1.99. The highest BCUT2D eigenvalue weighted by Gasteiger charge is 2.29. The van der Waals surface area contributed by atoms with E-state index in [2.05, 4.69) is 10.9 Å². The van der Waals surface area contributed by atoms with Crippen LogP contribution in [0.15, 0.2) is 6.07 Å². The maximum atomic E-state index is 12.3. The van der Waals surface area contributed by atoms with Crippen LogP contribution in [0.1, 0.15) is 58.6 Å². The number of sulfone groups is 1. The van der Waals surface area contributed by atoms with Crippen LogP contribution in [0.25, 0.3) is 0 Å². The summed E-state index contributed by atoms with van der Waals surface area (Å²) in [6.07, 6.45) is 7.48. The third-order valence-corrected chi connectivity index (χ3v) is 7.91. The largest absolute Gasteiger partial charge is 0.279 e. The fraction of sp³-hybridized carbons (Fsp3) is 0.647. The minimum absolute atomic E-state index is 0.0615. The molecule has 8 heteroatoms. The zero-order valence-corrected chi connectivity index (χ0v) is 15.8. The minimum atomic E-state index is -2.99. The zero-order valence-electron chi connectivity index (χ0n) is 14.2. The van der Waals surface area contributed by atoms with Gasteiger partial charge in [0.1, 0.15) is 0 Å². The Morgan fingerprint density at radius 3 is 2.60 bits per heavy atom. The Labute approximate surface area is 152 Å². The van der Waals surface area contributed by atoms with Crippen LogP contribution in [0, 0.1) is 5.92 Å². The molecule has 0 aromatic carbocycles. The fourth-order valence-corrected chi connectivity index (χ4v) is 6.50. The molecule has 1 aromatic rings. The second kappa shape index (κ2) is 7.86. The molecule has 0 spiro atoms. The predicted molar refractivity (Wildman–Crippen MR) is 97.2 cm³/mol. The van der Waals surface area contributed by atoms with Crippen molar-refractivity contribution in [1.29, 1.82) is 0 Å². The van der Waals surface area contributed by atoms with Crippen molar-refractivity contribution in [3.8, 4) is 0 Å². The van der Waals surface area contributed by atoms with Gasteiger partial charge in [-0.15, -0.1) is 11.3 Å². The van der Waals surface area contributed by atoms with Gasteiger partial charge in [-0.05, 0) is 49.7 Å². The lowest BCUT2D eigenvalue weighted by Crippen LogP contribution is -2.42. The molecule has 1 fully saturated rings. The van der Waals surface area contributed by atoms with Crippen molar-refractivity contribution < 1.29 is 18.0 Å². The zero-order chi connectivity index (χ0) is 17.9. The van der Waals surface area contributed by atoms with Gasteiger partial charge in [0, 0.05) is 11.3 Å².